The Morgan fingerprint density at radius 3 is 2.95 bits per heavy atom. The van der Waals surface area contributed by atoms with Crippen LogP contribution in [0.4, 0.5) is 0 Å². The second-order valence-corrected chi connectivity index (χ2v) is 5.01. The van der Waals surface area contributed by atoms with Gasteiger partial charge in [-0.2, -0.15) is 4.99 Å². The highest BCUT2D eigenvalue weighted by Crippen LogP contribution is 2.36. The lowest BCUT2D eigenvalue weighted by Gasteiger charge is -2.14. The third-order valence-electron chi connectivity index (χ3n) is 2.27. The number of phosphoric acid groups is 1. The van der Waals surface area contributed by atoms with Crippen molar-refractivity contribution >= 4 is 20.1 Å². The first kappa shape index (κ1) is 15.8. The van der Waals surface area contributed by atoms with Crippen LogP contribution < -0.4 is 11.1 Å². The van der Waals surface area contributed by atoms with E-state index in [9.17, 15) is 9.36 Å². The topological polar surface area (TPSA) is 143 Å². The molecule has 5 N–H and O–H groups in total. The fourth-order valence-electron chi connectivity index (χ4n) is 1.48. The fraction of sp³-hybridized carbons (Fsp3) is 0.556. The largest absolute Gasteiger partial charge is 0.469 e. The summed E-state index contributed by atoms with van der Waals surface area (Å²) >= 11 is 0. The van der Waals surface area contributed by atoms with Gasteiger partial charge in [-0.15, -0.1) is 0 Å². The molecule has 2 atom stereocenters. The number of ether oxygens (including phenoxy) is 1. The predicted octanol–water partition coefficient (Wildman–Crippen LogP) is -0.782. The zero-order valence-electron chi connectivity index (χ0n) is 10.0. The summed E-state index contributed by atoms with van der Waals surface area (Å²) in [7, 11) is -4.46. The van der Waals surface area contributed by atoms with E-state index in [1.807, 2.05) is 0 Å². The molecule has 1 amide bonds. The van der Waals surface area contributed by atoms with Crippen LogP contribution in [0.15, 0.2) is 17.3 Å². The van der Waals surface area contributed by atoms with Gasteiger partial charge in [0.25, 0.3) is 0 Å². The molecule has 0 unspecified atom stereocenters. The molecule has 0 aliphatic carbocycles. The van der Waals surface area contributed by atoms with Crippen molar-refractivity contribution in [2.45, 2.75) is 25.2 Å². The molecule has 1 rings (SSSR count). The lowest BCUT2D eigenvalue weighted by molar-refractivity contribution is -0.106. The minimum Gasteiger partial charge on any atom is -0.384 e. The maximum atomic E-state index is 10.5. The van der Waals surface area contributed by atoms with E-state index in [0.717, 1.165) is 0 Å². The molecule has 0 bridgehead atoms. The van der Waals surface area contributed by atoms with Gasteiger partial charge in [0, 0.05) is 6.20 Å². The second-order valence-electron chi connectivity index (χ2n) is 3.77. The van der Waals surface area contributed by atoms with Gasteiger partial charge in [-0.3, -0.25) is 9.32 Å². The highest BCUT2D eigenvalue weighted by Gasteiger charge is 2.27. The SMILES string of the molecule is NC(/C=C\N[C@H]1CC[C@@H](COP(=O)(O)O)O1)=NC=O. The standard InChI is InChI=1S/C9H16N3O6P/c10-8(12-6-13)3-4-11-9-2-1-7(18-9)5-17-19(14,15)16/h3-4,6-7,9,11H,1-2,5H2,(H2,10,12,13)(H2,14,15,16)/b4-3-/t7-,9+/m0/s1. The van der Waals surface area contributed by atoms with Crippen molar-refractivity contribution in [1.29, 1.82) is 0 Å². The van der Waals surface area contributed by atoms with E-state index in [1.54, 1.807) is 0 Å². The number of nitrogens with two attached hydrogens (primary N) is 1. The van der Waals surface area contributed by atoms with Crippen molar-refractivity contribution in [2.24, 2.45) is 10.7 Å². The smallest absolute Gasteiger partial charge is 0.384 e. The number of nitrogens with one attached hydrogen (secondary N) is 1. The van der Waals surface area contributed by atoms with Crippen molar-refractivity contribution < 1.29 is 28.4 Å². The van der Waals surface area contributed by atoms with Crippen LogP contribution >= 0.6 is 7.82 Å². The summed E-state index contributed by atoms with van der Waals surface area (Å²) in [6.07, 6.45) is 3.82. The van der Waals surface area contributed by atoms with Crippen molar-refractivity contribution in [1.82, 2.24) is 5.32 Å². The zero-order chi connectivity index (χ0) is 14.3. The van der Waals surface area contributed by atoms with E-state index in [-0.39, 0.29) is 24.8 Å². The molecule has 0 aromatic rings. The third-order valence-corrected chi connectivity index (χ3v) is 2.76. The average molecular weight is 293 g/mol. The minimum absolute atomic E-state index is 0.0573. The molecule has 10 heteroatoms. The number of aliphatic imine (C=N–C) groups is 1. The number of phosphoric ester groups is 1. The monoisotopic (exact) mass is 293 g/mol. The average Bonchev–Trinajstić information content (AvgIpc) is 2.74. The van der Waals surface area contributed by atoms with Gasteiger partial charge in [0.1, 0.15) is 12.1 Å². The summed E-state index contributed by atoms with van der Waals surface area (Å²) in [6, 6.07) is 0. The zero-order valence-corrected chi connectivity index (χ0v) is 10.9. The van der Waals surface area contributed by atoms with Crippen LogP contribution in [0.2, 0.25) is 0 Å². The molecule has 1 aliphatic heterocycles. The number of amides is 1. The molecule has 1 aliphatic rings. The molecule has 0 spiro atoms. The van der Waals surface area contributed by atoms with Gasteiger partial charge in [0.2, 0.25) is 6.41 Å². The van der Waals surface area contributed by atoms with Gasteiger partial charge in [-0.25, -0.2) is 4.57 Å². The molecule has 0 aromatic heterocycles. The van der Waals surface area contributed by atoms with Gasteiger partial charge in [-0.1, -0.05) is 0 Å². The van der Waals surface area contributed by atoms with Crippen molar-refractivity contribution in [3.63, 3.8) is 0 Å². The summed E-state index contributed by atoms with van der Waals surface area (Å²) in [5, 5.41) is 2.87. The Balaban J connectivity index is 2.27. The van der Waals surface area contributed by atoms with E-state index in [2.05, 4.69) is 14.8 Å². The van der Waals surface area contributed by atoms with E-state index >= 15 is 0 Å². The first-order chi connectivity index (χ1) is 8.90. The molecule has 108 valence electrons. The number of hydrogen-bond donors (Lipinski definition) is 4. The number of rotatable bonds is 7. The van der Waals surface area contributed by atoms with E-state index in [0.29, 0.717) is 19.3 Å². The molecule has 1 saturated heterocycles. The number of nitrogens with zero attached hydrogens (tertiary/aromatic N) is 1. The van der Waals surface area contributed by atoms with Crippen LogP contribution in [0, 0.1) is 0 Å². The molecule has 1 fully saturated rings. The lowest BCUT2D eigenvalue weighted by Crippen LogP contribution is -2.26. The van der Waals surface area contributed by atoms with E-state index < -0.39 is 7.82 Å². The molecule has 0 radical (unpaired) electrons. The van der Waals surface area contributed by atoms with Crippen LogP contribution in [0.5, 0.6) is 0 Å². The molecule has 0 saturated carbocycles. The van der Waals surface area contributed by atoms with Crippen LogP contribution in [0.25, 0.3) is 0 Å². The Kier molecular flexibility index (Phi) is 6.13. The molecule has 0 aromatic carbocycles. The second kappa shape index (κ2) is 7.37. The molecular weight excluding hydrogens is 277 g/mol. The minimum atomic E-state index is -4.46. The summed E-state index contributed by atoms with van der Waals surface area (Å²) in [5.74, 6) is 0.0573. The quantitative estimate of drug-likeness (QED) is 0.207. The predicted molar refractivity (Wildman–Crippen MR) is 65.9 cm³/mol. The molecule has 9 nitrogen and oxygen atoms in total. The highest BCUT2D eigenvalue weighted by molar-refractivity contribution is 7.46. The van der Waals surface area contributed by atoms with Crippen molar-refractivity contribution in [3.8, 4) is 0 Å². The van der Waals surface area contributed by atoms with Crippen LogP contribution in [-0.2, 0) is 18.6 Å². The third kappa shape index (κ3) is 7.04. The van der Waals surface area contributed by atoms with Crippen LogP contribution in [0.1, 0.15) is 12.8 Å². The highest BCUT2D eigenvalue weighted by atomic mass is 31.2. The van der Waals surface area contributed by atoms with Crippen molar-refractivity contribution in [2.75, 3.05) is 6.61 Å². The molecule has 1 heterocycles. The molecule has 19 heavy (non-hydrogen) atoms. The summed E-state index contributed by atoms with van der Waals surface area (Å²) in [6.45, 7) is -0.166. The van der Waals surface area contributed by atoms with Gasteiger partial charge >= 0.3 is 7.82 Å². The van der Waals surface area contributed by atoms with Gasteiger partial charge in [0.15, 0.2) is 0 Å². The number of hydrogen-bond acceptors (Lipinski definition) is 5. The first-order valence-corrected chi connectivity index (χ1v) is 6.99. The first-order valence-electron chi connectivity index (χ1n) is 5.46. The lowest BCUT2D eigenvalue weighted by atomic mass is 10.2. The normalized spacial score (nSPS) is 24.8. The summed E-state index contributed by atoms with van der Waals surface area (Å²) in [5.41, 5.74) is 5.34. The maximum absolute atomic E-state index is 10.5. The van der Waals surface area contributed by atoms with Gasteiger partial charge in [-0.05, 0) is 18.9 Å². The van der Waals surface area contributed by atoms with Crippen LogP contribution in [0.3, 0.4) is 0 Å². The Labute approximate surface area is 109 Å². The Hall–Kier alpha value is -1.25. The van der Waals surface area contributed by atoms with Gasteiger partial charge < -0.3 is 25.6 Å². The van der Waals surface area contributed by atoms with E-state index in [1.165, 1.54) is 12.3 Å². The number of carbonyl (C=O) groups excluding carboxylic acids is 1. The fourth-order valence-corrected chi connectivity index (χ4v) is 1.84. The maximum Gasteiger partial charge on any atom is 0.469 e. The summed E-state index contributed by atoms with van der Waals surface area (Å²) in [4.78, 5) is 30.4. The molecular formula is C9H16N3O6P. The van der Waals surface area contributed by atoms with Crippen molar-refractivity contribution in [3.05, 3.63) is 12.3 Å². The summed E-state index contributed by atoms with van der Waals surface area (Å²) < 4.78 is 20.3. The van der Waals surface area contributed by atoms with E-state index in [4.69, 9.17) is 20.3 Å². The Morgan fingerprint density at radius 2 is 2.32 bits per heavy atom. The van der Waals surface area contributed by atoms with Gasteiger partial charge in [0.05, 0.1) is 12.7 Å². The Bertz CT molecular complexity index is 407. The Morgan fingerprint density at radius 1 is 1.58 bits per heavy atom. The number of carbonyl (C=O) groups is 1. The van der Waals surface area contributed by atoms with Crippen LogP contribution in [-0.4, -0.2) is 41.0 Å². The number of amidine groups is 1.